The van der Waals surface area contributed by atoms with E-state index in [2.05, 4.69) is 33.5 Å². The van der Waals surface area contributed by atoms with Crippen LogP contribution in [0.15, 0.2) is 24.8 Å². The van der Waals surface area contributed by atoms with Crippen molar-refractivity contribution in [1.82, 2.24) is 25.1 Å². The molecule has 2 aromatic heterocycles. The highest BCUT2D eigenvalue weighted by Gasteiger charge is 2.21. The Kier molecular flexibility index (Phi) is 4.06. The highest BCUT2D eigenvalue weighted by molar-refractivity contribution is 5.60. The SMILES string of the molecule is CCCn1cc(-c2nccnc2[C@H]2CCCNC2)cn1. The van der Waals surface area contributed by atoms with E-state index in [4.69, 9.17) is 0 Å². The van der Waals surface area contributed by atoms with Crippen molar-refractivity contribution in [3.05, 3.63) is 30.5 Å². The van der Waals surface area contributed by atoms with Crippen molar-refractivity contribution >= 4 is 0 Å². The molecule has 0 unspecified atom stereocenters. The lowest BCUT2D eigenvalue weighted by atomic mass is 9.93. The molecule has 3 rings (SSSR count). The first-order valence-corrected chi connectivity index (χ1v) is 7.43. The molecule has 2 aromatic rings. The van der Waals surface area contributed by atoms with Crippen LogP contribution in [0.5, 0.6) is 0 Å². The first-order valence-electron chi connectivity index (χ1n) is 7.43. The summed E-state index contributed by atoms with van der Waals surface area (Å²) in [7, 11) is 0. The van der Waals surface area contributed by atoms with Crippen molar-refractivity contribution < 1.29 is 0 Å². The van der Waals surface area contributed by atoms with Crippen LogP contribution in [0.2, 0.25) is 0 Å². The Morgan fingerprint density at radius 2 is 2.25 bits per heavy atom. The second kappa shape index (κ2) is 6.13. The van der Waals surface area contributed by atoms with Gasteiger partial charge in [0.25, 0.3) is 0 Å². The number of nitrogens with zero attached hydrogens (tertiary/aromatic N) is 4. The molecule has 5 heteroatoms. The lowest BCUT2D eigenvalue weighted by Crippen LogP contribution is -2.29. The molecule has 0 aromatic carbocycles. The summed E-state index contributed by atoms with van der Waals surface area (Å²) in [6, 6.07) is 0. The molecular formula is C15H21N5. The van der Waals surface area contributed by atoms with Gasteiger partial charge in [0.15, 0.2) is 0 Å². The summed E-state index contributed by atoms with van der Waals surface area (Å²) < 4.78 is 1.98. The number of rotatable bonds is 4. The minimum absolute atomic E-state index is 0.460. The molecule has 1 aliphatic heterocycles. The standard InChI is InChI=1S/C15H21N5/c1-2-8-20-11-13(10-19-20)15-14(17-6-7-18-15)12-4-3-5-16-9-12/h6-7,10-12,16H,2-5,8-9H2,1H3/t12-/m0/s1. The smallest absolute Gasteiger partial charge is 0.0952 e. The number of aryl methyl sites for hydroxylation is 1. The van der Waals surface area contributed by atoms with Crippen LogP contribution in [0.1, 0.15) is 37.8 Å². The Hall–Kier alpha value is -1.75. The summed E-state index contributed by atoms with van der Waals surface area (Å²) in [6.45, 7) is 5.21. The van der Waals surface area contributed by atoms with Gasteiger partial charge in [-0.25, -0.2) is 0 Å². The first-order chi connectivity index (χ1) is 9.88. The van der Waals surface area contributed by atoms with Crippen molar-refractivity contribution in [3.63, 3.8) is 0 Å². The Balaban J connectivity index is 1.91. The highest BCUT2D eigenvalue weighted by Crippen LogP contribution is 2.29. The summed E-state index contributed by atoms with van der Waals surface area (Å²) in [6.07, 6.45) is 11.0. The van der Waals surface area contributed by atoms with Crippen molar-refractivity contribution in [2.75, 3.05) is 13.1 Å². The van der Waals surface area contributed by atoms with Crippen LogP contribution in [0.25, 0.3) is 11.3 Å². The fourth-order valence-electron chi connectivity index (χ4n) is 2.79. The lowest BCUT2D eigenvalue weighted by Gasteiger charge is -2.23. The number of piperidine rings is 1. The second-order valence-corrected chi connectivity index (χ2v) is 5.33. The van der Waals surface area contributed by atoms with Crippen molar-refractivity contribution in [1.29, 1.82) is 0 Å². The molecule has 1 atom stereocenters. The molecule has 3 heterocycles. The molecule has 1 fully saturated rings. The van der Waals surface area contributed by atoms with Gasteiger partial charge in [0.1, 0.15) is 0 Å². The quantitative estimate of drug-likeness (QED) is 0.926. The van der Waals surface area contributed by atoms with Gasteiger partial charge in [-0.1, -0.05) is 6.92 Å². The topological polar surface area (TPSA) is 55.6 Å². The molecule has 20 heavy (non-hydrogen) atoms. The van der Waals surface area contributed by atoms with Gasteiger partial charge in [-0.3, -0.25) is 14.6 Å². The third kappa shape index (κ3) is 2.72. The van der Waals surface area contributed by atoms with Gasteiger partial charge in [0, 0.05) is 43.2 Å². The molecule has 0 aliphatic carbocycles. The van der Waals surface area contributed by atoms with Gasteiger partial charge in [0.05, 0.1) is 17.6 Å². The fourth-order valence-corrected chi connectivity index (χ4v) is 2.79. The molecule has 1 N–H and O–H groups in total. The van der Waals surface area contributed by atoms with Crippen molar-refractivity contribution in [2.24, 2.45) is 0 Å². The summed E-state index contributed by atoms with van der Waals surface area (Å²) in [5, 5.41) is 7.85. The van der Waals surface area contributed by atoms with E-state index in [1.165, 1.54) is 12.8 Å². The third-order valence-electron chi connectivity index (χ3n) is 3.77. The van der Waals surface area contributed by atoms with Crippen LogP contribution in [-0.2, 0) is 6.54 Å². The average Bonchev–Trinajstić information content (AvgIpc) is 2.97. The van der Waals surface area contributed by atoms with Crippen LogP contribution in [-0.4, -0.2) is 32.8 Å². The van der Waals surface area contributed by atoms with Crippen LogP contribution in [0.4, 0.5) is 0 Å². The molecule has 0 spiro atoms. The van der Waals surface area contributed by atoms with E-state index in [9.17, 15) is 0 Å². The first kappa shape index (κ1) is 13.2. The third-order valence-corrected chi connectivity index (χ3v) is 3.77. The molecular weight excluding hydrogens is 250 g/mol. The van der Waals surface area contributed by atoms with Crippen LogP contribution in [0.3, 0.4) is 0 Å². The maximum atomic E-state index is 4.59. The maximum Gasteiger partial charge on any atom is 0.0952 e. The molecule has 0 saturated carbocycles. The molecule has 0 radical (unpaired) electrons. The maximum absolute atomic E-state index is 4.59. The van der Waals surface area contributed by atoms with Gasteiger partial charge in [0.2, 0.25) is 0 Å². The van der Waals surface area contributed by atoms with Gasteiger partial charge >= 0.3 is 0 Å². The lowest BCUT2D eigenvalue weighted by molar-refractivity contribution is 0.454. The van der Waals surface area contributed by atoms with Crippen LogP contribution in [0, 0.1) is 0 Å². The van der Waals surface area contributed by atoms with Crippen LogP contribution < -0.4 is 5.32 Å². The summed E-state index contributed by atoms with van der Waals surface area (Å²) in [4.78, 5) is 9.15. The van der Waals surface area contributed by atoms with E-state index < -0.39 is 0 Å². The van der Waals surface area contributed by atoms with Gasteiger partial charge in [-0.05, 0) is 25.8 Å². The summed E-state index contributed by atoms with van der Waals surface area (Å²) in [5.74, 6) is 0.460. The largest absolute Gasteiger partial charge is 0.316 e. The fraction of sp³-hybridized carbons (Fsp3) is 0.533. The summed E-state index contributed by atoms with van der Waals surface area (Å²) >= 11 is 0. The Morgan fingerprint density at radius 3 is 3.05 bits per heavy atom. The number of hydrogen-bond donors (Lipinski definition) is 1. The number of hydrogen-bond acceptors (Lipinski definition) is 4. The van der Waals surface area contributed by atoms with Gasteiger partial charge < -0.3 is 5.32 Å². The minimum atomic E-state index is 0.460. The number of aromatic nitrogens is 4. The monoisotopic (exact) mass is 271 g/mol. The van der Waals surface area contributed by atoms with Crippen molar-refractivity contribution in [3.8, 4) is 11.3 Å². The zero-order valence-corrected chi connectivity index (χ0v) is 11.9. The van der Waals surface area contributed by atoms with E-state index in [1.807, 2.05) is 10.9 Å². The molecule has 0 amide bonds. The minimum Gasteiger partial charge on any atom is -0.316 e. The van der Waals surface area contributed by atoms with Gasteiger partial charge in [-0.2, -0.15) is 5.10 Å². The highest BCUT2D eigenvalue weighted by atomic mass is 15.3. The molecule has 0 bridgehead atoms. The normalized spacial score (nSPS) is 19.1. The van der Waals surface area contributed by atoms with E-state index in [-0.39, 0.29) is 0 Å². The average molecular weight is 271 g/mol. The Labute approximate surface area is 119 Å². The molecule has 1 aliphatic rings. The molecule has 5 nitrogen and oxygen atoms in total. The zero-order valence-electron chi connectivity index (χ0n) is 11.9. The molecule has 1 saturated heterocycles. The van der Waals surface area contributed by atoms with Crippen LogP contribution >= 0.6 is 0 Å². The van der Waals surface area contributed by atoms with E-state index >= 15 is 0 Å². The summed E-state index contributed by atoms with van der Waals surface area (Å²) in [5.41, 5.74) is 3.17. The predicted octanol–water partition coefficient (Wildman–Crippen LogP) is 2.22. The van der Waals surface area contributed by atoms with E-state index in [0.717, 1.165) is 43.0 Å². The Bertz CT molecular complexity index is 557. The molecule has 106 valence electrons. The van der Waals surface area contributed by atoms with E-state index in [1.54, 1.807) is 12.4 Å². The second-order valence-electron chi connectivity index (χ2n) is 5.33. The van der Waals surface area contributed by atoms with Gasteiger partial charge in [-0.15, -0.1) is 0 Å². The predicted molar refractivity (Wildman–Crippen MR) is 78.4 cm³/mol. The van der Waals surface area contributed by atoms with E-state index in [0.29, 0.717) is 5.92 Å². The Morgan fingerprint density at radius 1 is 1.35 bits per heavy atom. The zero-order chi connectivity index (χ0) is 13.8. The van der Waals surface area contributed by atoms with Crippen molar-refractivity contribution in [2.45, 2.75) is 38.6 Å². The number of nitrogens with one attached hydrogen (secondary N) is 1.